The molecule has 1 amide bonds. The molecule has 0 saturated heterocycles. The Hall–Kier alpha value is -2.68. The Bertz CT molecular complexity index is 905. The van der Waals surface area contributed by atoms with Gasteiger partial charge in [0.1, 0.15) is 5.82 Å². The van der Waals surface area contributed by atoms with Crippen LogP contribution in [0.3, 0.4) is 0 Å². The number of hydrogen-bond acceptors (Lipinski definition) is 5. The lowest BCUT2D eigenvalue weighted by molar-refractivity contribution is -0.115. The van der Waals surface area contributed by atoms with Gasteiger partial charge in [-0.2, -0.15) is 0 Å². The summed E-state index contributed by atoms with van der Waals surface area (Å²) in [4.78, 5) is 37.3. The van der Waals surface area contributed by atoms with Gasteiger partial charge < -0.3 is 10.3 Å². The number of anilines is 1. The average Bonchev–Trinajstić information content (AvgIpc) is 2.98. The number of aromatic nitrogens is 4. The van der Waals surface area contributed by atoms with Gasteiger partial charge in [0.05, 0.1) is 11.6 Å². The van der Waals surface area contributed by atoms with E-state index in [1.54, 1.807) is 6.92 Å². The minimum absolute atomic E-state index is 0.286. The predicted octanol–water partition coefficient (Wildman–Crippen LogP) is 1.90. The minimum atomic E-state index is -0.514. The zero-order valence-corrected chi connectivity index (χ0v) is 12.8. The van der Waals surface area contributed by atoms with E-state index in [0.717, 1.165) is 11.8 Å². The summed E-state index contributed by atoms with van der Waals surface area (Å²) in [5, 5.41) is 2.46. The van der Waals surface area contributed by atoms with E-state index in [-0.39, 0.29) is 22.8 Å². The smallest absolute Gasteiger partial charge is 0.277 e. The Morgan fingerprint density at radius 1 is 1.35 bits per heavy atom. The molecule has 3 rings (SSSR count). The third-order valence-corrected chi connectivity index (χ3v) is 4.03. The highest BCUT2D eigenvalue weighted by atomic mass is 32.2. The molecule has 3 aromatic rings. The molecular formula is C14H12FN5O2S. The minimum Gasteiger partial charge on any atom is -0.339 e. The molecule has 0 radical (unpaired) electrons. The molecule has 2 aromatic heterocycles. The van der Waals surface area contributed by atoms with Crippen molar-refractivity contribution in [1.29, 1.82) is 0 Å². The van der Waals surface area contributed by atoms with Gasteiger partial charge in [-0.3, -0.25) is 14.6 Å². The van der Waals surface area contributed by atoms with E-state index in [1.807, 2.05) is 0 Å². The molecule has 0 bridgehead atoms. The Kier molecular flexibility index (Phi) is 4.11. The first-order chi connectivity index (χ1) is 11.0. The fraction of sp³-hybridized carbons (Fsp3) is 0.143. The molecule has 3 N–H and O–H groups in total. The van der Waals surface area contributed by atoms with Crippen LogP contribution >= 0.6 is 11.8 Å². The number of H-pyrrole nitrogens is 2. The number of hydrogen-bond donors (Lipinski definition) is 3. The molecular weight excluding hydrogens is 321 g/mol. The second-order valence-electron chi connectivity index (χ2n) is 4.73. The van der Waals surface area contributed by atoms with E-state index in [2.05, 4.69) is 25.3 Å². The topological polar surface area (TPSA) is 104 Å². The maximum absolute atomic E-state index is 12.8. The van der Waals surface area contributed by atoms with E-state index in [1.165, 1.54) is 30.6 Å². The normalized spacial score (nSPS) is 12.3. The lowest BCUT2D eigenvalue weighted by Gasteiger charge is -2.11. The van der Waals surface area contributed by atoms with Crippen LogP contribution in [0.25, 0.3) is 11.2 Å². The predicted molar refractivity (Wildman–Crippen MR) is 84.9 cm³/mol. The van der Waals surface area contributed by atoms with Gasteiger partial charge in [0.2, 0.25) is 5.91 Å². The van der Waals surface area contributed by atoms with E-state index in [0.29, 0.717) is 16.5 Å². The first kappa shape index (κ1) is 15.2. The van der Waals surface area contributed by atoms with Crippen molar-refractivity contribution in [3.05, 3.63) is 46.8 Å². The molecule has 0 aliphatic heterocycles. The summed E-state index contributed by atoms with van der Waals surface area (Å²) >= 11 is 1.10. The number of amides is 1. The van der Waals surface area contributed by atoms with Gasteiger partial charge in [-0.25, -0.2) is 14.4 Å². The molecule has 0 spiro atoms. The van der Waals surface area contributed by atoms with Crippen LogP contribution in [0.15, 0.2) is 40.5 Å². The number of carbonyl (C=O) groups is 1. The Morgan fingerprint density at radius 3 is 2.83 bits per heavy atom. The van der Waals surface area contributed by atoms with Crippen molar-refractivity contribution in [3.8, 4) is 0 Å². The van der Waals surface area contributed by atoms with Gasteiger partial charge in [0.25, 0.3) is 5.56 Å². The monoisotopic (exact) mass is 333 g/mol. The highest BCUT2D eigenvalue weighted by molar-refractivity contribution is 8.00. The molecule has 9 heteroatoms. The summed E-state index contributed by atoms with van der Waals surface area (Å²) in [6.45, 7) is 1.68. The number of aromatic amines is 2. The summed E-state index contributed by atoms with van der Waals surface area (Å²) in [5.41, 5.74) is 0.731. The number of benzene rings is 1. The van der Waals surface area contributed by atoms with Crippen molar-refractivity contribution in [1.82, 2.24) is 19.9 Å². The fourth-order valence-electron chi connectivity index (χ4n) is 1.88. The molecule has 1 atom stereocenters. The van der Waals surface area contributed by atoms with Crippen LogP contribution in [0.1, 0.15) is 6.92 Å². The van der Waals surface area contributed by atoms with Crippen molar-refractivity contribution < 1.29 is 9.18 Å². The fourth-order valence-corrected chi connectivity index (χ4v) is 2.67. The number of nitrogens with zero attached hydrogens (tertiary/aromatic N) is 2. The Balaban J connectivity index is 1.71. The molecule has 7 nitrogen and oxygen atoms in total. The molecule has 0 fully saturated rings. The van der Waals surface area contributed by atoms with Crippen LogP contribution in [0.4, 0.5) is 10.1 Å². The van der Waals surface area contributed by atoms with Gasteiger partial charge in [0.15, 0.2) is 16.3 Å². The number of carbonyl (C=O) groups excluding carboxylic acids is 1. The van der Waals surface area contributed by atoms with Crippen LogP contribution in [0.2, 0.25) is 0 Å². The number of halogens is 1. The van der Waals surface area contributed by atoms with E-state index in [9.17, 15) is 14.0 Å². The quantitative estimate of drug-likeness (QED) is 0.500. The number of nitrogens with one attached hydrogen (secondary N) is 3. The Morgan fingerprint density at radius 2 is 2.09 bits per heavy atom. The lowest BCUT2D eigenvalue weighted by Crippen LogP contribution is -2.23. The summed E-state index contributed by atoms with van der Waals surface area (Å²) in [5.74, 6) is -0.661. The SMILES string of the molecule is CC(Sc1nc2nc[nH]c2c(=O)[nH]1)C(=O)Nc1ccc(F)cc1. The molecule has 0 aliphatic rings. The summed E-state index contributed by atoms with van der Waals surface area (Å²) < 4.78 is 12.8. The van der Waals surface area contributed by atoms with E-state index in [4.69, 9.17) is 0 Å². The standard InChI is InChI=1S/C14H12FN5O2S/c1-7(12(21)18-9-4-2-8(15)3-5-9)23-14-19-11-10(13(22)20-14)16-6-17-11/h2-7H,1H3,(H,18,21)(H2,16,17,19,20,22). The van der Waals surface area contributed by atoms with Crippen molar-refractivity contribution >= 4 is 34.5 Å². The molecule has 0 saturated carbocycles. The highest BCUT2D eigenvalue weighted by Crippen LogP contribution is 2.20. The van der Waals surface area contributed by atoms with Gasteiger partial charge in [-0.15, -0.1) is 0 Å². The van der Waals surface area contributed by atoms with Crippen LogP contribution < -0.4 is 10.9 Å². The van der Waals surface area contributed by atoms with Crippen molar-refractivity contribution in [2.24, 2.45) is 0 Å². The van der Waals surface area contributed by atoms with Crippen LogP contribution in [-0.4, -0.2) is 31.1 Å². The molecule has 118 valence electrons. The van der Waals surface area contributed by atoms with Crippen LogP contribution in [0, 0.1) is 5.82 Å². The molecule has 1 aromatic carbocycles. The highest BCUT2D eigenvalue weighted by Gasteiger charge is 2.17. The molecule has 2 heterocycles. The second-order valence-corrected chi connectivity index (χ2v) is 6.06. The van der Waals surface area contributed by atoms with Crippen molar-refractivity contribution in [2.45, 2.75) is 17.3 Å². The van der Waals surface area contributed by atoms with Gasteiger partial charge in [-0.1, -0.05) is 11.8 Å². The van der Waals surface area contributed by atoms with Crippen molar-refractivity contribution in [2.75, 3.05) is 5.32 Å². The third kappa shape index (κ3) is 3.39. The van der Waals surface area contributed by atoms with Gasteiger partial charge in [0, 0.05) is 5.69 Å². The Labute approximate surface area is 133 Å². The maximum Gasteiger partial charge on any atom is 0.277 e. The maximum atomic E-state index is 12.8. The lowest BCUT2D eigenvalue weighted by atomic mass is 10.3. The van der Waals surface area contributed by atoms with Gasteiger partial charge in [-0.05, 0) is 31.2 Å². The first-order valence-corrected chi connectivity index (χ1v) is 7.57. The van der Waals surface area contributed by atoms with Crippen LogP contribution in [-0.2, 0) is 4.79 Å². The number of fused-ring (bicyclic) bond motifs is 1. The number of rotatable bonds is 4. The number of imidazole rings is 1. The zero-order valence-electron chi connectivity index (χ0n) is 12.0. The van der Waals surface area contributed by atoms with E-state index >= 15 is 0 Å². The summed E-state index contributed by atoms with van der Waals surface area (Å²) in [6, 6.07) is 5.47. The molecule has 23 heavy (non-hydrogen) atoms. The first-order valence-electron chi connectivity index (χ1n) is 6.69. The largest absolute Gasteiger partial charge is 0.339 e. The molecule has 1 unspecified atom stereocenters. The third-order valence-electron chi connectivity index (χ3n) is 3.04. The molecule has 0 aliphatic carbocycles. The number of thioether (sulfide) groups is 1. The van der Waals surface area contributed by atoms with Crippen LogP contribution in [0.5, 0.6) is 0 Å². The second kappa shape index (κ2) is 6.21. The summed E-state index contributed by atoms with van der Waals surface area (Å²) in [6.07, 6.45) is 1.38. The van der Waals surface area contributed by atoms with Crippen molar-refractivity contribution in [3.63, 3.8) is 0 Å². The van der Waals surface area contributed by atoms with E-state index < -0.39 is 5.25 Å². The summed E-state index contributed by atoms with van der Waals surface area (Å²) in [7, 11) is 0. The van der Waals surface area contributed by atoms with Gasteiger partial charge >= 0.3 is 0 Å². The zero-order chi connectivity index (χ0) is 16.4. The average molecular weight is 333 g/mol.